The molecule has 1 spiro atoms. The van der Waals surface area contributed by atoms with Gasteiger partial charge in [-0.1, -0.05) is 18.2 Å². The van der Waals surface area contributed by atoms with E-state index in [-0.39, 0.29) is 25.9 Å². The molecule has 1 saturated heterocycles. The second-order valence-electron chi connectivity index (χ2n) is 6.79. The summed E-state index contributed by atoms with van der Waals surface area (Å²) in [6.07, 6.45) is -3.22. The lowest BCUT2D eigenvalue weighted by atomic mass is 9.91. The van der Waals surface area contributed by atoms with Crippen molar-refractivity contribution in [1.82, 2.24) is 4.31 Å². The Morgan fingerprint density at radius 1 is 1.19 bits per heavy atom. The van der Waals surface area contributed by atoms with Gasteiger partial charge in [-0.15, -0.1) is 0 Å². The molecule has 1 aromatic carbocycles. The number of nitrogens with zero attached hydrogens (tertiary/aromatic N) is 1. The van der Waals surface area contributed by atoms with Crippen molar-refractivity contribution in [1.29, 1.82) is 0 Å². The fraction of sp³-hybridized carbons (Fsp3) is 0.500. The van der Waals surface area contributed by atoms with E-state index in [1.807, 2.05) is 0 Å². The maximum Gasteiger partial charge on any atom is 0.417 e. The van der Waals surface area contributed by atoms with Crippen LogP contribution in [0, 0.1) is 17.2 Å². The third-order valence-corrected chi connectivity index (χ3v) is 6.41. The Labute approximate surface area is 151 Å². The molecule has 1 aromatic rings. The highest BCUT2D eigenvalue weighted by Gasteiger charge is 2.78. The fourth-order valence-electron chi connectivity index (χ4n) is 3.75. The number of allylic oxidation sites excluding steroid dienone is 1. The summed E-state index contributed by atoms with van der Waals surface area (Å²) in [4.78, 5) is 0. The van der Waals surface area contributed by atoms with E-state index < -0.39 is 50.6 Å². The van der Waals surface area contributed by atoms with Crippen LogP contribution in [-0.4, -0.2) is 31.7 Å². The minimum absolute atomic E-state index is 0.152. The molecule has 2 aliphatic rings. The molecule has 1 atom stereocenters. The van der Waals surface area contributed by atoms with Gasteiger partial charge >= 0.3 is 6.18 Å². The molecule has 0 bridgehead atoms. The largest absolute Gasteiger partial charge is 0.417 e. The summed E-state index contributed by atoms with van der Waals surface area (Å²) in [6.45, 7) is -0.355. The molecule has 1 saturated carbocycles. The van der Waals surface area contributed by atoms with Crippen LogP contribution in [0.2, 0.25) is 0 Å². The van der Waals surface area contributed by atoms with Gasteiger partial charge in [-0.2, -0.15) is 25.9 Å². The topological polar surface area (TPSA) is 63.4 Å². The third kappa shape index (κ3) is 3.47. The minimum Gasteiger partial charge on any atom is -0.216 e. The van der Waals surface area contributed by atoms with Gasteiger partial charge in [0.25, 0.3) is 16.1 Å². The van der Waals surface area contributed by atoms with Crippen LogP contribution in [-0.2, 0) is 16.4 Å². The van der Waals surface area contributed by atoms with E-state index in [0.29, 0.717) is 6.07 Å². The Bertz CT molecular complexity index is 873. The molecule has 2 fully saturated rings. The lowest BCUT2D eigenvalue weighted by Gasteiger charge is -2.30. The number of rotatable bonds is 3. The van der Waals surface area contributed by atoms with Crippen molar-refractivity contribution in [2.24, 2.45) is 16.5 Å². The van der Waals surface area contributed by atoms with Crippen molar-refractivity contribution in [3.63, 3.8) is 0 Å². The van der Waals surface area contributed by atoms with Crippen molar-refractivity contribution < 1.29 is 34.8 Å². The van der Waals surface area contributed by atoms with Crippen LogP contribution in [0.5, 0.6) is 0 Å². The molecular formula is C16H16F6N2O2S. The SMILES string of the molecule is NS(=O)(=O)N1CCC2(CC1)C(/C=C/c1ccc(F)cc1C(F)(F)F)C2(F)F. The molecule has 2 N–H and O–H groups in total. The number of nitrogens with two attached hydrogens (primary N) is 1. The van der Waals surface area contributed by atoms with Gasteiger partial charge in [0.05, 0.1) is 11.5 Å². The summed E-state index contributed by atoms with van der Waals surface area (Å²) >= 11 is 0. The maximum absolute atomic E-state index is 14.3. The number of piperidine rings is 1. The van der Waals surface area contributed by atoms with Gasteiger partial charge in [-0.25, -0.2) is 18.3 Å². The van der Waals surface area contributed by atoms with Crippen LogP contribution in [0.25, 0.3) is 6.08 Å². The molecule has 150 valence electrons. The molecule has 0 radical (unpaired) electrons. The highest BCUT2D eigenvalue weighted by molar-refractivity contribution is 7.86. The number of alkyl halides is 5. The fourth-order valence-corrected chi connectivity index (χ4v) is 4.44. The van der Waals surface area contributed by atoms with E-state index in [4.69, 9.17) is 5.14 Å². The predicted octanol–water partition coefficient (Wildman–Crippen LogP) is 3.41. The van der Waals surface area contributed by atoms with Gasteiger partial charge in [0.1, 0.15) is 5.82 Å². The average molecular weight is 414 g/mol. The molecular weight excluding hydrogens is 398 g/mol. The molecule has 11 heteroatoms. The molecule has 0 aromatic heterocycles. The van der Waals surface area contributed by atoms with Gasteiger partial charge in [0.2, 0.25) is 0 Å². The highest BCUT2D eigenvalue weighted by atomic mass is 32.2. The molecule has 27 heavy (non-hydrogen) atoms. The monoisotopic (exact) mass is 414 g/mol. The number of hydrogen-bond donors (Lipinski definition) is 1. The second kappa shape index (κ2) is 6.21. The first-order chi connectivity index (χ1) is 12.3. The van der Waals surface area contributed by atoms with Gasteiger partial charge < -0.3 is 0 Å². The van der Waals surface area contributed by atoms with Crippen LogP contribution in [0.15, 0.2) is 24.3 Å². The first-order valence-corrected chi connectivity index (χ1v) is 9.50. The van der Waals surface area contributed by atoms with E-state index in [1.54, 1.807) is 0 Å². The lowest BCUT2D eigenvalue weighted by Crippen LogP contribution is -2.43. The van der Waals surface area contributed by atoms with Crippen molar-refractivity contribution in [2.45, 2.75) is 24.9 Å². The van der Waals surface area contributed by atoms with Gasteiger partial charge in [0.15, 0.2) is 0 Å². The summed E-state index contributed by atoms with van der Waals surface area (Å²) in [5, 5.41) is 4.99. The molecule has 1 aliphatic heterocycles. The quantitative estimate of drug-likeness (QED) is 0.771. The smallest absolute Gasteiger partial charge is 0.216 e. The van der Waals surface area contributed by atoms with E-state index in [0.717, 1.165) is 28.6 Å². The van der Waals surface area contributed by atoms with E-state index in [9.17, 15) is 34.8 Å². The van der Waals surface area contributed by atoms with Gasteiger partial charge in [-0.3, -0.25) is 0 Å². The molecule has 4 nitrogen and oxygen atoms in total. The zero-order valence-electron chi connectivity index (χ0n) is 13.8. The van der Waals surface area contributed by atoms with Crippen molar-refractivity contribution >= 4 is 16.3 Å². The average Bonchev–Trinajstić information content (AvgIpc) is 2.98. The van der Waals surface area contributed by atoms with E-state index in [1.165, 1.54) is 0 Å². The summed E-state index contributed by atoms with van der Waals surface area (Å²) < 4.78 is 104. The zero-order valence-corrected chi connectivity index (χ0v) is 14.6. The number of halogens is 6. The molecule has 0 amide bonds. The Morgan fingerprint density at radius 2 is 1.78 bits per heavy atom. The van der Waals surface area contributed by atoms with Crippen LogP contribution in [0.3, 0.4) is 0 Å². The molecule has 1 heterocycles. The zero-order chi connectivity index (χ0) is 20.3. The summed E-state index contributed by atoms with van der Waals surface area (Å²) in [6, 6.07) is 2.01. The molecule has 1 unspecified atom stereocenters. The maximum atomic E-state index is 14.3. The predicted molar refractivity (Wildman–Crippen MR) is 85.2 cm³/mol. The van der Waals surface area contributed by atoms with Gasteiger partial charge in [-0.05, 0) is 30.5 Å². The molecule has 1 aliphatic carbocycles. The second-order valence-corrected chi connectivity index (χ2v) is 8.34. The van der Waals surface area contributed by atoms with E-state index in [2.05, 4.69) is 0 Å². The lowest BCUT2D eigenvalue weighted by molar-refractivity contribution is -0.137. The van der Waals surface area contributed by atoms with Crippen LogP contribution >= 0.6 is 0 Å². The Balaban J connectivity index is 1.82. The number of benzene rings is 1. The Kier molecular flexibility index (Phi) is 4.64. The van der Waals surface area contributed by atoms with Gasteiger partial charge in [0, 0.05) is 18.5 Å². The Morgan fingerprint density at radius 3 is 2.30 bits per heavy atom. The van der Waals surface area contributed by atoms with Crippen LogP contribution < -0.4 is 5.14 Å². The normalized spacial score (nSPS) is 25.2. The van der Waals surface area contributed by atoms with Crippen LogP contribution in [0.4, 0.5) is 26.3 Å². The minimum atomic E-state index is -4.83. The standard InChI is InChI=1S/C16H16F6N2O2S/c17-11-3-1-10(12(9-11)16(20,21)22)2-4-13-14(15(13,18)19)5-7-24(8-6-14)27(23,25)26/h1-4,9,13H,5-8H2,(H2,23,25,26)/b4-2+. The Hall–Kier alpha value is -1.59. The summed E-state index contributed by atoms with van der Waals surface area (Å²) in [5.41, 5.74) is -3.16. The van der Waals surface area contributed by atoms with Crippen molar-refractivity contribution in [3.05, 3.63) is 41.2 Å². The summed E-state index contributed by atoms with van der Waals surface area (Å²) in [7, 11) is -3.97. The highest BCUT2D eigenvalue weighted by Crippen LogP contribution is 2.71. The first kappa shape index (κ1) is 20.2. The summed E-state index contributed by atoms with van der Waals surface area (Å²) in [5.74, 6) is -5.56. The van der Waals surface area contributed by atoms with E-state index >= 15 is 0 Å². The number of hydrogen-bond acceptors (Lipinski definition) is 2. The van der Waals surface area contributed by atoms with Crippen molar-refractivity contribution in [3.8, 4) is 0 Å². The third-order valence-electron chi connectivity index (χ3n) is 5.33. The molecule has 3 rings (SSSR count). The van der Waals surface area contributed by atoms with Crippen molar-refractivity contribution in [2.75, 3.05) is 13.1 Å². The van der Waals surface area contributed by atoms with Crippen LogP contribution in [0.1, 0.15) is 24.0 Å². The first-order valence-electron chi connectivity index (χ1n) is 8.00.